The van der Waals surface area contributed by atoms with Gasteiger partial charge in [-0.2, -0.15) is 0 Å². The smallest absolute Gasteiger partial charge is 0.266 e. The zero-order valence-electron chi connectivity index (χ0n) is 14.7. The molecule has 0 N–H and O–H groups in total. The number of thioether (sulfide) groups is 1. The quantitative estimate of drug-likeness (QED) is 0.414. The molecule has 1 aliphatic heterocycles. The number of thiocarbonyl (C=S) groups is 1. The Morgan fingerprint density at radius 2 is 1.89 bits per heavy atom. The summed E-state index contributed by atoms with van der Waals surface area (Å²) in [7, 11) is 0. The second kappa shape index (κ2) is 7.50. The van der Waals surface area contributed by atoms with Crippen LogP contribution in [0.2, 0.25) is 5.02 Å². The molecule has 0 unspecified atom stereocenters. The molecule has 0 aliphatic carbocycles. The Balaban J connectivity index is 1.77. The van der Waals surface area contributed by atoms with Gasteiger partial charge in [-0.25, -0.2) is 0 Å². The molecular formula is C21H17ClN2OS2. The molecule has 0 bridgehead atoms. The largest absolute Gasteiger partial charge is 0.342 e. The van der Waals surface area contributed by atoms with Crippen LogP contribution in [0.15, 0.2) is 59.6 Å². The first-order chi connectivity index (χ1) is 13.1. The van der Waals surface area contributed by atoms with E-state index >= 15 is 0 Å². The number of hydrogen-bond acceptors (Lipinski definition) is 3. The van der Waals surface area contributed by atoms with E-state index in [9.17, 15) is 4.79 Å². The molecule has 3 aromatic rings. The Bertz CT molecular complexity index is 1090. The molecule has 0 saturated carbocycles. The zero-order chi connectivity index (χ0) is 19.0. The topological polar surface area (TPSA) is 25.2 Å². The van der Waals surface area contributed by atoms with Crippen LogP contribution in [-0.4, -0.2) is 26.2 Å². The first-order valence-electron chi connectivity index (χ1n) is 8.65. The first kappa shape index (κ1) is 18.3. The van der Waals surface area contributed by atoms with Crippen molar-refractivity contribution >= 4 is 62.8 Å². The molecule has 2 aromatic carbocycles. The minimum Gasteiger partial charge on any atom is -0.342 e. The summed E-state index contributed by atoms with van der Waals surface area (Å²) in [5.74, 6) is -0.0181. The van der Waals surface area contributed by atoms with Gasteiger partial charge in [0.2, 0.25) is 0 Å². The van der Waals surface area contributed by atoms with Gasteiger partial charge in [-0.3, -0.25) is 9.69 Å². The molecule has 27 heavy (non-hydrogen) atoms. The molecule has 4 rings (SSSR count). The van der Waals surface area contributed by atoms with Crippen LogP contribution in [0.1, 0.15) is 18.1 Å². The maximum atomic E-state index is 12.6. The van der Waals surface area contributed by atoms with E-state index in [2.05, 4.69) is 22.9 Å². The van der Waals surface area contributed by atoms with Crippen molar-refractivity contribution in [1.82, 2.24) is 9.47 Å². The first-order valence-corrected chi connectivity index (χ1v) is 10.3. The van der Waals surface area contributed by atoms with Gasteiger partial charge in [0.25, 0.3) is 5.91 Å². The van der Waals surface area contributed by atoms with Crippen molar-refractivity contribution in [3.63, 3.8) is 0 Å². The fraction of sp³-hybridized carbons (Fsp3) is 0.143. The van der Waals surface area contributed by atoms with Crippen LogP contribution < -0.4 is 0 Å². The van der Waals surface area contributed by atoms with E-state index in [1.54, 1.807) is 4.90 Å². The normalized spacial score (nSPS) is 16.1. The third-order valence-corrected chi connectivity index (χ3v) is 6.34. The van der Waals surface area contributed by atoms with Crippen LogP contribution >= 0.6 is 35.6 Å². The SMILES string of the molecule is CCN1C(=O)/C(=C/c2cn(Cc3ccccc3Cl)c3ccccc23)SC1=S. The predicted octanol–water partition coefficient (Wildman–Crippen LogP) is 5.56. The lowest BCUT2D eigenvalue weighted by Crippen LogP contribution is -2.27. The molecule has 1 aromatic heterocycles. The molecule has 3 nitrogen and oxygen atoms in total. The molecular weight excluding hydrogens is 396 g/mol. The maximum absolute atomic E-state index is 12.6. The molecule has 0 atom stereocenters. The summed E-state index contributed by atoms with van der Waals surface area (Å²) >= 11 is 13.0. The number of carbonyl (C=O) groups is 1. The number of likely N-dealkylation sites (N-methyl/N-ethyl adjacent to an activating group) is 1. The van der Waals surface area contributed by atoms with E-state index in [1.807, 2.05) is 49.4 Å². The van der Waals surface area contributed by atoms with Crippen LogP contribution in [-0.2, 0) is 11.3 Å². The molecule has 1 fully saturated rings. The van der Waals surface area contributed by atoms with Crippen molar-refractivity contribution in [2.75, 3.05) is 6.54 Å². The predicted molar refractivity (Wildman–Crippen MR) is 118 cm³/mol. The minimum absolute atomic E-state index is 0.0181. The number of halogens is 1. The van der Waals surface area contributed by atoms with E-state index in [0.29, 0.717) is 22.3 Å². The number of nitrogens with zero attached hydrogens (tertiary/aromatic N) is 2. The lowest BCUT2D eigenvalue weighted by Gasteiger charge is -2.09. The molecule has 1 saturated heterocycles. The molecule has 0 radical (unpaired) electrons. The van der Waals surface area contributed by atoms with Crippen molar-refractivity contribution in [1.29, 1.82) is 0 Å². The van der Waals surface area contributed by atoms with Crippen LogP contribution in [0.4, 0.5) is 0 Å². The number of aromatic nitrogens is 1. The monoisotopic (exact) mass is 412 g/mol. The van der Waals surface area contributed by atoms with Crippen molar-refractivity contribution in [2.24, 2.45) is 0 Å². The van der Waals surface area contributed by atoms with Crippen LogP contribution in [0.5, 0.6) is 0 Å². The van der Waals surface area contributed by atoms with Gasteiger partial charge in [0.05, 0.1) is 4.91 Å². The molecule has 2 heterocycles. The molecule has 136 valence electrons. The Kier molecular flexibility index (Phi) is 5.08. The third kappa shape index (κ3) is 3.43. The molecule has 1 amide bonds. The summed E-state index contributed by atoms with van der Waals surface area (Å²) < 4.78 is 2.79. The highest BCUT2D eigenvalue weighted by atomic mass is 35.5. The summed E-state index contributed by atoms with van der Waals surface area (Å²) in [5.41, 5.74) is 3.17. The molecule has 0 spiro atoms. The number of fused-ring (bicyclic) bond motifs is 1. The van der Waals surface area contributed by atoms with Gasteiger partial charge in [0.1, 0.15) is 4.32 Å². The highest BCUT2D eigenvalue weighted by molar-refractivity contribution is 8.26. The third-order valence-electron chi connectivity index (χ3n) is 4.59. The number of carbonyl (C=O) groups excluding carboxylic acids is 1. The highest BCUT2D eigenvalue weighted by Crippen LogP contribution is 2.34. The van der Waals surface area contributed by atoms with E-state index < -0.39 is 0 Å². The second-order valence-electron chi connectivity index (χ2n) is 6.25. The summed E-state index contributed by atoms with van der Waals surface area (Å²) in [6.45, 7) is 3.20. The van der Waals surface area contributed by atoms with Gasteiger partial charge in [0.15, 0.2) is 0 Å². The fourth-order valence-corrected chi connectivity index (χ4v) is 4.82. The number of hydrogen-bond donors (Lipinski definition) is 0. The number of amides is 1. The highest BCUT2D eigenvalue weighted by Gasteiger charge is 2.30. The van der Waals surface area contributed by atoms with Crippen LogP contribution in [0, 0.1) is 0 Å². The summed E-state index contributed by atoms with van der Waals surface area (Å²) in [5, 5.41) is 1.85. The van der Waals surface area contributed by atoms with Gasteiger partial charge < -0.3 is 4.57 Å². The lowest BCUT2D eigenvalue weighted by molar-refractivity contribution is -0.121. The van der Waals surface area contributed by atoms with Crippen molar-refractivity contribution in [3.8, 4) is 0 Å². The van der Waals surface area contributed by atoms with E-state index in [-0.39, 0.29) is 5.91 Å². The van der Waals surface area contributed by atoms with Crippen LogP contribution in [0.3, 0.4) is 0 Å². The summed E-state index contributed by atoms with van der Waals surface area (Å²) in [6, 6.07) is 16.0. The molecule has 6 heteroatoms. The molecule has 1 aliphatic rings. The van der Waals surface area contributed by atoms with E-state index in [0.717, 1.165) is 27.1 Å². The Labute approximate surface area is 172 Å². The van der Waals surface area contributed by atoms with Crippen LogP contribution in [0.25, 0.3) is 17.0 Å². The Hall–Kier alpha value is -2.08. The average Bonchev–Trinajstić information content (AvgIpc) is 3.14. The van der Waals surface area contributed by atoms with E-state index in [1.165, 1.54) is 11.8 Å². The number of rotatable bonds is 4. The summed E-state index contributed by atoms with van der Waals surface area (Å²) in [4.78, 5) is 14.9. The van der Waals surface area contributed by atoms with Crippen molar-refractivity contribution < 1.29 is 4.79 Å². The maximum Gasteiger partial charge on any atom is 0.266 e. The Morgan fingerprint density at radius 1 is 1.15 bits per heavy atom. The summed E-state index contributed by atoms with van der Waals surface area (Å²) in [6.07, 6.45) is 4.02. The van der Waals surface area contributed by atoms with Gasteiger partial charge in [-0.05, 0) is 30.7 Å². The Morgan fingerprint density at radius 3 is 2.63 bits per heavy atom. The van der Waals surface area contributed by atoms with Crippen molar-refractivity contribution in [2.45, 2.75) is 13.5 Å². The van der Waals surface area contributed by atoms with Gasteiger partial charge >= 0.3 is 0 Å². The average molecular weight is 413 g/mol. The van der Waals surface area contributed by atoms with Gasteiger partial charge in [0, 0.05) is 40.8 Å². The lowest BCUT2D eigenvalue weighted by atomic mass is 10.1. The van der Waals surface area contributed by atoms with Gasteiger partial charge in [-0.15, -0.1) is 0 Å². The minimum atomic E-state index is -0.0181. The number of benzene rings is 2. The zero-order valence-corrected chi connectivity index (χ0v) is 17.1. The fourth-order valence-electron chi connectivity index (χ4n) is 3.25. The second-order valence-corrected chi connectivity index (χ2v) is 8.33. The van der Waals surface area contributed by atoms with Gasteiger partial charge in [-0.1, -0.05) is 72.0 Å². The number of para-hydroxylation sites is 1. The van der Waals surface area contributed by atoms with Crippen molar-refractivity contribution in [3.05, 3.63) is 75.8 Å². The van der Waals surface area contributed by atoms with E-state index in [4.69, 9.17) is 23.8 Å². The standard InChI is InChI=1S/C21H17ClN2OS2/c1-2-24-20(25)19(27-21(24)26)11-15-13-23(18-10-6-4-8-16(15)18)12-14-7-3-5-9-17(14)22/h3-11,13H,2,12H2,1H3/b19-11-.